The molecule has 2 saturated heterocycles. The van der Waals surface area contributed by atoms with E-state index in [0.29, 0.717) is 0 Å². The SMILES string of the molecule is COC(=O)c1ncn([C@@H]2O[C@@H]3CO[Si](C(C)C)(C(C)C)O[Si](C(C)C)(C(C)C)O[C@H]3[C@H]2O)c1C(=O)OC. The highest BCUT2D eigenvalue weighted by Crippen LogP contribution is 2.48. The highest BCUT2D eigenvalue weighted by Gasteiger charge is 2.62. The van der Waals surface area contributed by atoms with Gasteiger partial charge in [-0.2, -0.15) is 0 Å². The third kappa shape index (κ3) is 5.06. The average Bonchev–Trinajstić information content (AvgIpc) is 3.38. The van der Waals surface area contributed by atoms with Crippen LogP contribution in [0.25, 0.3) is 0 Å². The molecule has 4 atom stereocenters. The lowest BCUT2D eigenvalue weighted by atomic mass is 10.1. The third-order valence-corrected chi connectivity index (χ3v) is 17.7. The maximum Gasteiger partial charge on any atom is 0.359 e. The number of aliphatic hydroxyl groups is 1. The molecule has 37 heavy (non-hydrogen) atoms. The van der Waals surface area contributed by atoms with Crippen molar-refractivity contribution in [1.29, 1.82) is 0 Å². The Bertz CT molecular complexity index is 965. The van der Waals surface area contributed by atoms with E-state index in [0.717, 1.165) is 0 Å². The molecule has 3 rings (SSSR count). The molecule has 0 bridgehead atoms. The molecular formula is C24H42N2O9Si2. The third-order valence-electron chi connectivity index (χ3n) is 7.47. The number of hydrogen-bond acceptors (Lipinski definition) is 10. The van der Waals surface area contributed by atoms with Gasteiger partial charge in [-0.3, -0.25) is 4.57 Å². The maximum absolute atomic E-state index is 12.6. The summed E-state index contributed by atoms with van der Waals surface area (Å²) in [4.78, 5) is 29.0. The maximum atomic E-state index is 12.6. The largest absolute Gasteiger partial charge is 0.464 e. The second-order valence-electron chi connectivity index (χ2n) is 10.9. The van der Waals surface area contributed by atoms with Crippen LogP contribution >= 0.6 is 0 Å². The number of rotatable bonds is 7. The molecule has 210 valence electrons. The summed E-state index contributed by atoms with van der Waals surface area (Å²) in [5.74, 6) is -1.61. The van der Waals surface area contributed by atoms with Crippen molar-refractivity contribution < 1.29 is 41.9 Å². The first-order valence-corrected chi connectivity index (χ1v) is 16.8. The zero-order chi connectivity index (χ0) is 27.9. The molecule has 2 aliphatic rings. The molecule has 0 amide bonds. The second kappa shape index (κ2) is 11.2. The van der Waals surface area contributed by atoms with Crippen LogP contribution in [-0.2, 0) is 27.2 Å². The van der Waals surface area contributed by atoms with Gasteiger partial charge in [-0.25, -0.2) is 14.6 Å². The van der Waals surface area contributed by atoms with Gasteiger partial charge in [-0.05, 0) is 22.2 Å². The minimum Gasteiger partial charge on any atom is -0.464 e. The molecule has 0 aromatic carbocycles. The number of carbonyl (C=O) groups is 2. The van der Waals surface area contributed by atoms with Crippen molar-refractivity contribution in [3.8, 4) is 0 Å². The van der Waals surface area contributed by atoms with Crippen LogP contribution < -0.4 is 0 Å². The van der Waals surface area contributed by atoms with Gasteiger partial charge >= 0.3 is 29.1 Å². The van der Waals surface area contributed by atoms with E-state index in [4.69, 9.17) is 27.2 Å². The van der Waals surface area contributed by atoms with E-state index < -0.39 is 53.6 Å². The quantitative estimate of drug-likeness (QED) is 0.391. The van der Waals surface area contributed by atoms with Gasteiger partial charge in [0.2, 0.25) is 0 Å². The summed E-state index contributed by atoms with van der Waals surface area (Å²) >= 11 is 0. The van der Waals surface area contributed by atoms with E-state index in [1.165, 1.54) is 25.1 Å². The fraction of sp³-hybridized carbons (Fsp3) is 0.792. The zero-order valence-electron chi connectivity index (χ0n) is 23.5. The lowest BCUT2D eigenvalue weighted by Gasteiger charge is -2.51. The van der Waals surface area contributed by atoms with E-state index in [1.807, 2.05) is 0 Å². The number of imidazole rings is 1. The lowest BCUT2D eigenvalue weighted by molar-refractivity contribution is -0.0592. The van der Waals surface area contributed by atoms with Crippen LogP contribution in [0, 0.1) is 0 Å². The summed E-state index contributed by atoms with van der Waals surface area (Å²) in [6.07, 6.45) is -2.41. The molecule has 0 unspecified atom stereocenters. The highest BCUT2D eigenvalue weighted by atomic mass is 28.5. The molecular weight excluding hydrogens is 516 g/mol. The molecule has 3 heterocycles. The van der Waals surface area contributed by atoms with Crippen LogP contribution in [0.15, 0.2) is 6.33 Å². The predicted molar refractivity (Wildman–Crippen MR) is 139 cm³/mol. The summed E-state index contributed by atoms with van der Waals surface area (Å²) in [6, 6.07) is 0. The molecule has 0 aliphatic carbocycles. The van der Waals surface area contributed by atoms with Crippen molar-refractivity contribution in [2.75, 3.05) is 20.8 Å². The van der Waals surface area contributed by atoms with Crippen molar-refractivity contribution in [3.05, 3.63) is 17.7 Å². The Morgan fingerprint density at radius 1 is 0.973 bits per heavy atom. The van der Waals surface area contributed by atoms with Crippen molar-refractivity contribution in [2.24, 2.45) is 0 Å². The van der Waals surface area contributed by atoms with Gasteiger partial charge in [-0.1, -0.05) is 55.4 Å². The standard InChI is InChI=1S/C24H42N2O9Si2/c1-13(2)36(14(3)4)32-11-17-21(34-37(35-36,15(5)6)16(7)8)20(27)22(33-17)26-12-25-18(23(28)30-9)19(26)24(29)31-10/h12-17,20-22,27H,11H2,1-10H3/t17-,20-,21-,22-/m1/s1. The summed E-state index contributed by atoms with van der Waals surface area (Å²) in [7, 11) is -3.40. The van der Waals surface area contributed by atoms with Crippen molar-refractivity contribution in [1.82, 2.24) is 9.55 Å². The molecule has 2 fully saturated rings. The smallest absolute Gasteiger partial charge is 0.359 e. The summed E-state index contributed by atoms with van der Waals surface area (Å²) in [6.45, 7) is 17.0. The number of aromatic nitrogens is 2. The van der Waals surface area contributed by atoms with E-state index in [2.05, 4.69) is 60.4 Å². The number of esters is 2. The number of ether oxygens (including phenoxy) is 3. The van der Waals surface area contributed by atoms with E-state index in [9.17, 15) is 14.7 Å². The summed E-state index contributed by atoms with van der Waals surface area (Å²) in [5.41, 5.74) is 0.0384. The summed E-state index contributed by atoms with van der Waals surface area (Å²) in [5, 5.41) is 11.5. The van der Waals surface area contributed by atoms with Crippen LogP contribution in [0.3, 0.4) is 0 Å². The number of fused-ring (bicyclic) bond motifs is 1. The first-order valence-electron chi connectivity index (χ1n) is 12.9. The Labute approximate surface area is 221 Å². The van der Waals surface area contributed by atoms with Crippen molar-refractivity contribution in [2.45, 2.75) is 102 Å². The number of aliphatic hydroxyl groups excluding tert-OH is 1. The van der Waals surface area contributed by atoms with Gasteiger partial charge in [0.05, 0.1) is 27.2 Å². The Morgan fingerprint density at radius 2 is 1.51 bits per heavy atom. The second-order valence-corrected chi connectivity index (χ2v) is 19.8. The van der Waals surface area contributed by atoms with Crippen LogP contribution in [-0.4, -0.2) is 82.9 Å². The van der Waals surface area contributed by atoms with Gasteiger partial charge in [0, 0.05) is 0 Å². The topological polar surface area (TPSA) is 128 Å². The van der Waals surface area contributed by atoms with Crippen LogP contribution in [0.4, 0.5) is 0 Å². The van der Waals surface area contributed by atoms with E-state index in [-0.39, 0.29) is 40.2 Å². The van der Waals surface area contributed by atoms with Gasteiger partial charge < -0.3 is 32.3 Å². The molecule has 1 aromatic rings. The van der Waals surface area contributed by atoms with Crippen LogP contribution in [0.2, 0.25) is 22.2 Å². The predicted octanol–water partition coefficient (Wildman–Crippen LogP) is 3.67. The van der Waals surface area contributed by atoms with Crippen LogP contribution in [0.5, 0.6) is 0 Å². The monoisotopic (exact) mass is 558 g/mol. The van der Waals surface area contributed by atoms with Crippen molar-refractivity contribution in [3.63, 3.8) is 0 Å². The Kier molecular flexibility index (Phi) is 9.09. The fourth-order valence-electron chi connectivity index (χ4n) is 5.47. The Hall–Kier alpha value is -1.62. The van der Waals surface area contributed by atoms with Crippen molar-refractivity contribution >= 4 is 29.1 Å². The van der Waals surface area contributed by atoms with E-state index in [1.54, 1.807) is 0 Å². The van der Waals surface area contributed by atoms with Crippen LogP contribution in [0.1, 0.15) is 82.6 Å². The fourth-order valence-corrected chi connectivity index (χ4v) is 16.7. The average molecular weight is 559 g/mol. The number of nitrogens with zero attached hydrogens (tertiary/aromatic N) is 2. The molecule has 11 nitrogen and oxygen atoms in total. The first-order chi connectivity index (χ1) is 17.3. The first kappa shape index (κ1) is 29.9. The molecule has 1 aromatic heterocycles. The van der Waals surface area contributed by atoms with Gasteiger partial charge in [0.25, 0.3) is 0 Å². The molecule has 1 N–H and O–H groups in total. The summed E-state index contributed by atoms with van der Waals surface area (Å²) < 4.78 is 38.0. The number of hydrogen-bond donors (Lipinski definition) is 1. The van der Waals surface area contributed by atoms with Gasteiger partial charge in [0.1, 0.15) is 18.3 Å². The molecule has 0 saturated carbocycles. The molecule has 2 aliphatic heterocycles. The number of carbonyl (C=O) groups excluding carboxylic acids is 2. The number of methoxy groups -OCH3 is 2. The zero-order valence-corrected chi connectivity index (χ0v) is 25.5. The lowest BCUT2D eigenvalue weighted by Crippen LogP contribution is -2.65. The Balaban J connectivity index is 2.11. The molecule has 0 spiro atoms. The van der Waals surface area contributed by atoms with Gasteiger partial charge in [0.15, 0.2) is 17.6 Å². The minimum absolute atomic E-state index is 0.0651. The Morgan fingerprint density at radius 3 is 2.00 bits per heavy atom. The molecule has 0 radical (unpaired) electrons. The van der Waals surface area contributed by atoms with Gasteiger partial charge in [-0.15, -0.1) is 0 Å². The van der Waals surface area contributed by atoms with E-state index >= 15 is 0 Å². The highest BCUT2D eigenvalue weighted by molar-refractivity contribution is 6.84. The molecule has 13 heteroatoms. The minimum atomic E-state index is -2.99. The normalized spacial score (nSPS) is 27.3.